The summed E-state index contributed by atoms with van der Waals surface area (Å²) in [7, 11) is 0. The summed E-state index contributed by atoms with van der Waals surface area (Å²) in [6.07, 6.45) is 0.577. The van der Waals surface area contributed by atoms with E-state index >= 15 is 0 Å². The second kappa shape index (κ2) is 5.63. The molecule has 0 radical (unpaired) electrons. The summed E-state index contributed by atoms with van der Waals surface area (Å²) >= 11 is 0. The van der Waals surface area contributed by atoms with Gasteiger partial charge in [-0.1, -0.05) is 19.9 Å². The number of hydrogen-bond donors (Lipinski definition) is 3. The SMILES string of the molecule is CC(C)NCc1c(N2CC(O)C(O)C2)nc2ccccn12. The molecule has 0 bridgehead atoms. The molecule has 21 heavy (non-hydrogen) atoms. The summed E-state index contributed by atoms with van der Waals surface area (Å²) in [5.74, 6) is 0.838. The standard InChI is InChI=1S/C15H22N4O2/c1-10(2)16-7-11-15(18-8-12(20)13(21)9-18)17-14-5-3-4-6-19(11)14/h3-6,10,12-13,16,20-21H,7-9H2,1-2H3. The summed E-state index contributed by atoms with van der Waals surface area (Å²) in [6.45, 7) is 5.73. The molecule has 2 unspecified atom stereocenters. The van der Waals surface area contributed by atoms with Gasteiger partial charge in [0, 0.05) is 31.9 Å². The van der Waals surface area contributed by atoms with E-state index in [2.05, 4.69) is 28.5 Å². The minimum atomic E-state index is -0.708. The topological polar surface area (TPSA) is 73.0 Å². The first kappa shape index (κ1) is 14.3. The third-order valence-corrected chi connectivity index (χ3v) is 3.84. The van der Waals surface area contributed by atoms with Crippen LogP contribution < -0.4 is 10.2 Å². The Kier molecular flexibility index (Phi) is 3.84. The molecule has 1 aliphatic heterocycles. The fourth-order valence-electron chi connectivity index (χ4n) is 2.69. The van der Waals surface area contributed by atoms with Crippen LogP contribution >= 0.6 is 0 Å². The zero-order chi connectivity index (χ0) is 15.0. The zero-order valence-electron chi connectivity index (χ0n) is 12.4. The second-order valence-electron chi connectivity index (χ2n) is 5.89. The summed E-state index contributed by atoms with van der Waals surface area (Å²) in [4.78, 5) is 6.63. The number of fused-ring (bicyclic) bond motifs is 1. The zero-order valence-corrected chi connectivity index (χ0v) is 12.4. The smallest absolute Gasteiger partial charge is 0.152 e. The van der Waals surface area contributed by atoms with E-state index in [-0.39, 0.29) is 0 Å². The number of imidazole rings is 1. The van der Waals surface area contributed by atoms with Gasteiger partial charge in [0.15, 0.2) is 5.82 Å². The third kappa shape index (κ3) is 2.74. The van der Waals surface area contributed by atoms with E-state index in [1.165, 1.54) is 0 Å². The van der Waals surface area contributed by atoms with Crippen molar-refractivity contribution in [3.05, 3.63) is 30.1 Å². The predicted octanol–water partition coefficient (Wildman–Crippen LogP) is 0.374. The lowest BCUT2D eigenvalue weighted by atomic mass is 10.3. The van der Waals surface area contributed by atoms with Crippen LogP contribution in [0, 0.1) is 0 Å². The molecule has 0 saturated carbocycles. The first-order valence-electron chi connectivity index (χ1n) is 7.36. The van der Waals surface area contributed by atoms with E-state index in [9.17, 15) is 10.2 Å². The molecule has 2 aromatic heterocycles. The number of aromatic nitrogens is 2. The average molecular weight is 290 g/mol. The monoisotopic (exact) mass is 290 g/mol. The number of β-amino-alcohol motifs (C(OH)–C–C–N with tert-alkyl or cyclic N) is 2. The van der Waals surface area contributed by atoms with Crippen LogP contribution in [0.3, 0.4) is 0 Å². The highest BCUT2D eigenvalue weighted by Gasteiger charge is 2.32. The number of rotatable bonds is 4. The number of aliphatic hydroxyl groups excluding tert-OH is 2. The van der Waals surface area contributed by atoms with E-state index in [4.69, 9.17) is 0 Å². The van der Waals surface area contributed by atoms with Crippen LogP contribution in [0.25, 0.3) is 5.65 Å². The van der Waals surface area contributed by atoms with E-state index in [1.54, 1.807) is 0 Å². The maximum Gasteiger partial charge on any atom is 0.152 e. The Hall–Kier alpha value is -1.63. The highest BCUT2D eigenvalue weighted by atomic mass is 16.3. The molecule has 6 heteroatoms. The van der Waals surface area contributed by atoms with E-state index < -0.39 is 12.2 Å². The maximum absolute atomic E-state index is 9.77. The molecule has 1 fully saturated rings. The molecule has 6 nitrogen and oxygen atoms in total. The van der Waals surface area contributed by atoms with Crippen molar-refractivity contribution in [3.8, 4) is 0 Å². The second-order valence-corrected chi connectivity index (χ2v) is 5.89. The van der Waals surface area contributed by atoms with Crippen molar-refractivity contribution in [2.24, 2.45) is 0 Å². The highest BCUT2D eigenvalue weighted by molar-refractivity contribution is 5.56. The largest absolute Gasteiger partial charge is 0.389 e. The molecular formula is C15H22N4O2. The van der Waals surface area contributed by atoms with E-state index in [0.29, 0.717) is 25.7 Å². The molecule has 1 saturated heterocycles. The van der Waals surface area contributed by atoms with Crippen LogP contribution in [-0.4, -0.2) is 50.9 Å². The Bertz CT molecular complexity index is 615. The van der Waals surface area contributed by atoms with Crippen LogP contribution in [0.4, 0.5) is 5.82 Å². The fourth-order valence-corrected chi connectivity index (χ4v) is 2.69. The lowest BCUT2D eigenvalue weighted by Crippen LogP contribution is -2.27. The minimum Gasteiger partial charge on any atom is -0.389 e. The van der Waals surface area contributed by atoms with Crippen LogP contribution in [0.15, 0.2) is 24.4 Å². The van der Waals surface area contributed by atoms with Crippen molar-refractivity contribution in [2.45, 2.75) is 38.6 Å². The molecule has 0 spiro atoms. The molecule has 2 atom stereocenters. The summed E-state index contributed by atoms with van der Waals surface area (Å²) in [5.41, 5.74) is 1.93. The van der Waals surface area contributed by atoms with Crippen molar-refractivity contribution < 1.29 is 10.2 Å². The molecule has 0 aliphatic carbocycles. The van der Waals surface area contributed by atoms with Crippen molar-refractivity contribution in [2.75, 3.05) is 18.0 Å². The predicted molar refractivity (Wildman–Crippen MR) is 81.4 cm³/mol. The van der Waals surface area contributed by atoms with Gasteiger partial charge in [-0.15, -0.1) is 0 Å². The molecule has 2 aromatic rings. The van der Waals surface area contributed by atoms with Gasteiger partial charge in [-0.25, -0.2) is 4.98 Å². The Balaban J connectivity index is 1.98. The first-order valence-corrected chi connectivity index (χ1v) is 7.36. The Morgan fingerprint density at radius 2 is 2.00 bits per heavy atom. The molecule has 0 aromatic carbocycles. The molecule has 114 valence electrons. The van der Waals surface area contributed by atoms with Gasteiger partial charge in [-0.2, -0.15) is 0 Å². The van der Waals surface area contributed by atoms with Gasteiger partial charge >= 0.3 is 0 Å². The number of nitrogens with zero attached hydrogens (tertiary/aromatic N) is 3. The summed E-state index contributed by atoms with van der Waals surface area (Å²) in [5, 5.41) is 23.0. The lowest BCUT2D eigenvalue weighted by molar-refractivity contribution is 0.0572. The number of pyridine rings is 1. The van der Waals surface area contributed by atoms with Crippen LogP contribution in [0.1, 0.15) is 19.5 Å². The highest BCUT2D eigenvalue weighted by Crippen LogP contribution is 2.25. The summed E-state index contributed by atoms with van der Waals surface area (Å²) in [6, 6.07) is 6.28. The molecule has 0 amide bonds. The van der Waals surface area contributed by atoms with Gasteiger partial charge in [0.05, 0.1) is 17.9 Å². The lowest BCUT2D eigenvalue weighted by Gasteiger charge is -2.17. The molecule has 1 aliphatic rings. The number of anilines is 1. The van der Waals surface area contributed by atoms with Crippen LogP contribution in [0.5, 0.6) is 0 Å². The Morgan fingerprint density at radius 3 is 2.67 bits per heavy atom. The average Bonchev–Trinajstić information content (AvgIpc) is 2.97. The van der Waals surface area contributed by atoms with Gasteiger partial charge in [0.25, 0.3) is 0 Å². The van der Waals surface area contributed by atoms with Crippen LogP contribution in [-0.2, 0) is 6.54 Å². The molecule has 3 N–H and O–H groups in total. The van der Waals surface area contributed by atoms with Crippen molar-refractivity contribution in [1.82, 2.24) is 14.7 Å². The maximum atomic E-state index is 9.77. The quantitative estimate of drug-likeness (QED) is 0.759. The first-order chi connectivity index (χ1) is 10.1. The van der Waals surface area contributed by atoms with E-state index in [0.717, 1.165) is 17.2 Å². The van der Waals surface area contributed by atoms with Crippen molar-refractivity contribution in [3.63, 3.8) is 0 Å². The van der Waals surface area contributed by atoms with Crippen molar-refractivity contribution in [1.29, 1.82) is 0 Å². The number of nitrogens with one attached hydrogen (secondary N) is 1. The van der Waals surface area contributed by atoms with Gasteiger partial charge in [0.1, 0.15) is 5.65 Å². The Morgan fingerprint density at radius 1 is 1.29 bits per heavy atom. The third-order valence-electron chi connectivity index (χ3n) is 3.84. The van der Waals surface area contributed by atoms with E-state index in [1.807, 2.05) is 29.3 Å². The number of aliphatic hydroxyl groups is 2. The fraction of sp³-hybridized carbons (Fsp3) is 0.533. The van der Waals surface area contributed by atoms with Crippen LogP contribution in [0.2, 0.25) is 0 Å². The molecular weight excluding hydrogens is 268 g/mol. The van der Waals surface area contributed by atoms with Gasteiger partial charge in [-0.05, 0) is 12.1 Å². The van der Waals surface area contributed by atoms with Gasteiger partial charge in [-0.3, -0.25) is 0 Å². The number of hydrogen-bond acceptors (Lipinski definition) is 5. The minimum absolute atomic E-state index is 0.377. The normalized spacial score (nSPS) is 22.6. The van der Waals surface area contributed by atoms with Gasteiger partial charge < -0.3 is 24.8 Å². The Labute approximate surface area is 124 Å². The van der Waals surface area contributed by atoms with Crippen molar-refractivity contribution >= 4 is 11.5 Å². The molecule has 3 heterocycles. The summed E-state index contributed by atoms with van der Waals surface area (Å²) < 4.78 is 2.06. The van der Waals surface area contributed by atoms with Gasteiger partial charge in [0.2, 0.25) is 0 Å². The molecule has 3 rings (SSSR count).